The standard InChI is InChI=1S/C33H38ClN3O5/c1-21(38)35-18-22-9-8-11-23(15-22)31-26-16-25(34)13-14-27(26)37(20-33(2,3)4)32(40)29(42-31)17-30(39)36-19-24-10-6-7-12-28(24)41-5/h6-16,29,31H,17-20H2,1-5H3,(H,35,38)(H,36,39). The molecule has 4 rings (SSSR count). The lowest BCUT2D eigenvalue weighted by Gasteiger charge is -2.31. The first-order valence-electron chi connectivity index (χ1n) is 13.9. The molecule has 0 spiro atoms. The van der Waals surface area contributed by atoms with E-state index in [1.165, 1.54) is 6.92 Å². The van der Waals surface area contributed by atoms with Crippen molar-refractivity contribution in [3.8, 4) is 5.75 Å². The van der Waals surface area contributed by atoms with Crippen LogP contribution >= 0.6 is 11.6 Å². The number of carbonyl (C=O) groups is 3. The van der Waals surface area contributed by atoms with Crippen molar-refractivity contribution < 1.29 is 23.9 Å². The average molecular weight is 592 g/mol. The first-order chi connectivity index (χ1) is 19.9. The zero-order valence-electron chi connectivity index (χ0n) is 24.7. The van der Waals surface area contributed by atoms with Crippen molar-refractivity contribution in [1.82, 2.24) is 10.6 Å². The fraction of sp³-hybridized carbons (Fsp3) is 0.364. The highest BCUT2D eigenvalue weighted by atomic mass is 35.5. The molecule has 0 radical (unpaired) electrons. The van der Waals surface area contributed by atoms with Crippen LogP contribution in [-0.2, 0) is 32.2 Å². The minimum absolute atomic E-state index is 0.133. The maximum atomic E-state index is 14.1. The van der Waals surface area contributed by atoms with Gasteiger partial charge in [-0.2, -0.15) is 0 Å². The van der Waals surface area contributed by atoms with Crippen LogP contribution in [0.15, 0.2) is 66.7 Å². The molecule has 9 heteroatoms. The molecule has 3 aromatic carbocycles. The number of hydrogen-bond donors (Lipinski definition) is 2. The van der Waals surface area contributed by atoms with E-state index in [-0.39, 0.29) is 36.1 Å². The molecule has 0 bridgehead atoms. The number of ether oxygens (including phenoxy) is 2. The lowest BCUT2D eigenvalue weighted by molar-refractivity contribution is -0.138. The number of rotatable bonds is 9. The fourth-order valence-electron chi connectivity index (χ4n) is 4.98. The van der Waals surface area contributed by atoms with Crippen LogP contribution in [-0.4, -0.2) is 37.5 Å². The summed E-state index contributed by atoms with van der Waals surface area (Å²) in [5.74, 6) is -0.0803. The summed E-state index contributed by atoms with van der Waals surface area (Å²) in [6.07, 6.45) is -1.91. The Kier molecular flexibility index (Phi) is 9.91. The molecule has 1 heterocycles. The fourth-order valence-corrected chi connectivity index (χ4v) is 5.16. The highest BCUT2D eigenvalue weighted by Crippen LogP contribution is 2.41. The van der Waals surface area contributed by atoms with Crippen LogP contribution in [0.25, 0.3) is 0 Å². The predicted molar refractivity (Wildman–Crippen MR) is 163 cm³/mol. The Balaban J connectivity index is 1.69. The molecule has 1 aliphatic heterocycles. The van der Waals surface area contributed by atoms with Crippen LogP contribution in [0, 0.1) is 5.41 Å². The van der Waals surface area contributed by atoms with E-state index in [0.717, 1.165) is 22.3 Å². The van der Waals surface area contributed by atoms with Crippen molar-refractivity contribution in [1.29, 1.82) is 0 Å². The number of nitrogens with one attached hydrogen (secondary N) is 2. The first kappa shape index (κ1) is 31.1. The van der Waals surface area contributed by atoms with Crippen LogP contribution < -0.4 is 20.3 Å². The molecule has 1 aliphatic rings. The van der Waals surface area contributed by atoms with Crippen LogP contribution in [0.5, 0.6) is 5.75 Å². The van der Waals surface area contributed by atoms with Gasteiger partial charge in [0.25, 0.3) is 5.91 Å². The van der Waals surface area contributed by atoms with Gasteiger partial charge in [0.2, 0.25) is 11.8 Å². The predicted octanol–water partition coefficient (Wildman–Crippen LogP) is 5.56. The van der Waals surface area contributed by atoms with Gasteiger partial charge in [0.15, 0.2) is 0 Å². The van der Waals surface area contributed by atoms with Crippen molar-refractivity contribution in [2.75, 3.05) is 18.6 Å². The smallest absolute Gasteiger partial charge is 0.256 e. The summed E-state index contributed by atoms with van der Waals surface area (Å²) in [7, 11) is 1.58. The molecule has 0 aromatic heterocycles. The summed E-state index contributed by atoms with van der Waals surface area (Å²) in [6, 6.07) is 20.5. The Morgan fingerprint density at radius 1 is 1.00 bits per heavy atom. The second kappa shape index (κ2) is 13.4. The molecule has 222 valence electrons. The Morgan fingerprint density at radius 3 is 2.48 bits per heavy atom. The van der Waals surface area contributed by atoms with Crippen molar-refractivity contribution in [2.24, 2.45) is 5.41 Å². The third-order valence-corrected chi connectivity index (χ3v) is 7.11. The highest BCUT2D eigenvalue weighted by Gasteiger charge is 2.39. The molecule has 3 aromatic rings. The maximum Gasteiger partial charge on any atom is 0.256 e. The molecule has 0 saturated carbocycles. The number of para-hydroxylation sites is 1. The number of methoxy groups -OCH3 is 1. The van der Waals surface area contributed by atoms with E-state index in [0.29, 0.717) is 29.5 Å². The van der Waals surface area contributed by atoms with Crippen molar-refractivity contribution >= 4 is 35.0 Å². The number of nitrogens with zero attached hydrogens (tertiary/aromatic N) is 1. The molecule has 0 saturated heterocycles. The normalized spacial score (nSPS) is 16.8. The quantitative estimate of drug-likeness (QED) is 0.340. The summed E-state index contributed by atoms with van der Waals surface area (Å²) in [5.41, 5.74) is 3.67. The minimum Gasteiger partial charge on any atom is -0.496 e. The van der Waals surface area contributed by atoms with E-state index in [9.17, 15) is 14.4 Å². The first-order valence-corrected chi connectivity index (χ1v) is 14.3. The van der Waals surface area contributed by atoms with Gasteiger partial charge in [0, 0.05) is 48.4 Å². The second-order valence-corrected chi connectivity index (χ2v) is 12.1. The number of hydrogen-bond acceptors (Lipinski definition) is 5. The van der Waals surface area contributed by atoms with E-state index in [1.54, 1.807) is 18.1 Å². The molecule has 0 fully saturated rings. The van der Waals surface area contributed by atoms with Gasteiger partial charge in [-0.3, -0.25) is 14.4 Å². The van der Waals surface area contributed by atoms with E-state index in [1.807, 2.05) is 60.7 Å². The van der Waals surface area contributed by atoms with Crippen molar-refractivity contribution in [3.63, 3.8) is 0 Å². The number of anilines is 1. The summed E-state index contributed by atoms with van der Waals surface area (Å²) in [4.78, 5) is 40.6. The van der Waals surface area contributed by atoms with Gasteiger partial charge >= 0.3 is 0 Å². The average Bonchev–Trinajstić information content (AvgIpc) is 3.05. The molecule has 0 aliphatic carbocycles. The number of amides is 3. The number of fused-ring (bicyclic) bond motifs is 1. The molecule has 2 N–H and O–H groups in total. The highest BCUT2D eigenvalue weighted by molar-refractivity contribution is 6.30. The summed E-state index contributed by atoms with van der Waals surface area (Å²) in [5, 5.41) is 6.24. The SMILES string of the molecule is COc1ccccc1CNC(=O)CC1OC(c2cccc(CNC(C)=O)c2)c2cc(Cl)ccc2N(CC(C)(C)C)C1=O. The Hall–Kier alpha value is -3.88. The number of benzene rings is 3. The van der Waals surface area contributed by atoms with E-state index < -0.39 is 12.2 Å². The number of halogens is 1. The lowest BCUT2D eigenvalue weighted by Crippen LogP contribution is -2.45. The molecule has 2 atom stereocenters. The zero-order valence-corrected chi connectivity index (χ0v) is 25.5. The summed E-state index contributed by atoms with van der Waals surface area (Å²) < 4.78 is 12.0. The second-order valence-electron chi connectivity index (χ2n) is 11.6. The third kappa shape index (κ3) is 7.89. The Bertz CT molecular complexity index is 1450. The Morgan fingerprint density at radius 2 is 1.76 bits per heavy atom. The maximum absolute atomic E-state index is 14.1. The zero-order chi connectivity index (χ0) is 30.4. The van der Waals surface area contributed by atoms with Crippen LogP contribution in [0.3, 0.4) is 0 Å². The molecule has 3 amide bonds. The van der Waals surface area contributed by atoms with Gasteiger partial charge in [-0.25, -0.2) is 0 Å². The van der Waals surface area contributed by atoms with Gasteiger partial charge in [-0.15, -0.1) is 0 Å². The monoisotopic (exact) mass is 591 g/mol. The van der Waals surface area contributed by atoms with Gasteiger partial charge < -0.3 is 25.0 Å². The Labute approximate surface area is 252 Å². The largest absolute Gasteiger partial charge is 0.496 e. The van der Waals surface area contributed by atoms with Crippen LogP contribution in [0.4, 0.5) is 5.69 Å². The van der Waals surface area contributed by atoms with Gasteiger partial charge in [-0.05, 0) is 40.8 Å². The summed E-state index contributed by atoms with van der Waals surface area (Å²) in [6.45, 7) is 8.65. The van der Waals surface area contributed by atoms with Crippen molar-refractivity contribution in [3.05, 3.63) is 94.0 Å². The third-order valence-electron chi connectivity index (χ3n) is 6.87. The van der Waals surface area contributed by atoms with Crippen LogP contribution in [0.1, 0.15) is 62.5 Å². The number of carbonyl (C=O) groups excluding carboxylic acids is 3. The van der Waals surface area contributed by atoms with Gasteiger partial charge in [0.1, 0.15) is 18.0 Å². The molecular weight excluding hydrogens is 554 g/mol. The van der Waals surface area contributed by atoms with E-state index in [2.05, 4.69) is 31.4 Å². The summed E-state index contributed by atoms with van der Waals surface area (Å²) >= 11 is 6.48. The van der Waals surface area contributed by atoms with E-state index in [4.69, 9.17) is 21.1 Å². The molecule has 8 nitrogen and oxygen atoms in total. The van der Waals surface area contributed by atoms with Gasteiger partial charge in [0.05, 0.1) is 13.5 Å². The minimum atomic E-state index is -1.06. The molecular formula is C33H38ClN3O5. The lowest BCUT2D eigenvalue weighted by atomic mass is 9.94. The molecule has 2 unspecified atom stereocenters. The molecule has 42 heavy (non-hydrogen) atoms. The van der Waals surface area contributed by atoms with E-state index >= 15 is 0 Å². The topological polar surface area (TPSA) is 97.0 Å². The van der Waals surface area contributed by atoms with Crippen molar-refractivity contribution in [2.45, 2.75) is 59.4 Å². The van der Waals surface area contributed by atoms with Crippen LogP contribution in [0.2, 0.25) is 5.02 Å². The van der Waals surface area contributed by atoms with Gasteiger partial charge in [-0.1, -0.05) is 74.8 Å².